The van der Waals surface area contributed by atoms with Crippen molar-refractivity contribution in [3.63, 3.8) is 0 Å². The fourth-order valence-corrected chi connectivity index (χ4v) is 3.10. The van der Waals surface area contributed by atoms with Crippen LogP contribution >= 0.6 is 11.3 Å². The first-order valence-corrected chi connectivity index (χ1v) is 7.02. The Labute approximate surface area is 107 Å². The predicted molar refractivity (Wildman–Crippen MR) is 73.1 cm³/mol. The Bertz CT molecular complexity index is 344. The summed E-state index contributed by atoms with van der Waals surface area (Å²) in [4.78, 5) is 3.72. The van der Waals surface area contributed by atoms with Crippen molar-refractivity contribution >= 4 is 11.3 Å². The summed E-state index contributed by atoms with van der Waals surface area (Å²) in [5.74, 6) is 0. The molecule has 0 amide bonds. The lowest BCUT2D eigenvalue weighted by Gasteiger charge is -2.35. The number of nitrogens with one attached hydrogen (secondary N) is 1. The fraction of sp³-hybridized carbons (Fsp3) is 0.667. The van der Waals surface area contributed by atoms with Crippen LogP contribution in [0.5, 0.6) is 0 Å². The van der Waals surface area contributed by atoms with Gasteiger partial charge in [-0.1, -0.05) is 0 Å². The molecule has 4 nitrogen and oxygen atoms in total. The molecule has 96 valence electrons. The summed E-state index contributed by atoms with van der Waals surface area (Å²) in [6.07, 6.45) is 0. The molecule has 0 saturated carbocycles. The number of piperazine rings is 1. The summed E-state index contributed by atoms with van der Waals surface area (Å²) in [7, 11) is 2.17. The number of likely N-dealkylation sites (N-methyl/N-ethyl adjacent to an activating group) is 1. The molecule has 1 aliphatic heterocycles. The van der Waals surface area contributed by atoms with Gasteiger partial charge in [0, 0.05) is 37.6 Å². The van der Waals surface area contributed by atoms with Crippen molar-refractivity contribution in [2.75, 3.05) is 39.8 Å². The van der Waals surface area contributed by atoms with Gasteiger partial charge >= 0.3 is 0 Å². The maximum Gasteiger partial charge on any atom is 0.0682 e. The third-order valence-electron chi connectivity index (χ3n) is 3.30. The number of aryl methyl sites for hydroxylation is 1. The molecule has 0 radical (unpaired) electrons. The molecule has 2 rings (SSSR count). The number of nitrogens with zero attached hydrogens (tertiary/aromatic N) is 2. The Morgan fingerprint density at radius 1 is 1.41 bits per heavy atom. The first-order valence-electron chi connectivity index (χ1n) is 6.14. The molecular formula is C12H22N4S. The molecule has 1 unspecified atom stereocenters. The Kier molecular flexibility index (Phi) is 4.53. The number of thiophene rings is 1. The van der Waals surface area contributed by atoms with E-state index in [2.05, 4.69) is 40.8 Å². The Morgan fingerprint density at radius 3 is 2.65 bits per heavy atom. The second-order valence-electron chi connectivity index (χ2n) is 4.68. The highest BCUT2D eigenvalue weighted by atomic mass is 32.1. The summed E-state index contributed by atoms with van der Waals surface area (Å²) in [6, 6.07) is 2.42. The molecule has 17 heavy (non-hydrogen) atoms. The highest BCUT2D eigenvalue weighted by molar-refractivity contribution is 7.10. The lowest BCUT2D eigenvalue weighted by Crippen LogP contribution is -2.52. The van der Waals surface area contributed by atoms with Crippen molar-refractivity contribution in [2.45, 2.75) is 13.0 Å². The van der Waals surface area contributed by atoms with E-state index >= 15 is 0 Å². The fourth-order valence-electron chi connectivity index (χ4n) is 2.12. The molecule has 3 N–H and O–H groups in total. The molecule has 2 heterocycles. The quantitative estimate of drug-likeness (QED) is 0.834. The Hall–Kier alpha value is -0.460. The van der Waals surface area contributed by atoms with E-state index in [9.17, 15) is 0 Å². The predicted octanol–water partition coefficient (Wildman–Crippen LogP) is 0.808. The molecule has 0 bridgehead atoms. The Balaban J connectivity index is 1.94. The third kappa shape index (κ3) is 3.26. The molecular weight excluding hydrogens is 232 g/mol. The minimum atomic E-state index is 0.262. The zero-order chi connectivity index (χ0) is 12.3. The first-order chi connectivity index (χ1) is 8.20. The van der Waals surface area contributed by atoms with Crippen LogP contribution in [0, 0.1) is 6.92 Å². The highest BCUT2D eigenvalue weighted by Crippen LogP contribution is 2.23. The van der Waals surface area contributed by atoms with Gasteiger partial charge in [-0.05, 0) is 31.0 Å². The van der Waals surface area contributed by atoms with Gasteiger partial charge in [0.15, 0.2) is 0 Å². The van der Waals surface area contributed by atoms with E-state index in [1.54, 1.807) is 11.3 Å². The van der Waals surface area contributed by atoms with Crippen LogP contribution in [0.25, 0.3) is 0 Å². The van der Waals surface area contributed by atoms with Crippen LogP contribution in [0.1, 0.15) is 16.5 Å². The minimum Gasteiger partial charge on any atom is -0.329 e. The van der Waals surface area contributed by atoms with Crippen LogP contribution in [0.3, 0.4) is 0 Å². The highest BCUT2D eigenvalue weighted by Gasteiger charge is 2.19. The Morgan fingerprint density at radius 2 is 2.12 bits per heavy atom. The van der Waals surface area contributed by atoms with Crippen molar-refractivity contribution in [2.24, 2.45) is 5.73 Å². The van der Waals surface area contributed by atoms with Gasteiger partial charge in [0.1, 0.15) is 0 Å². The van der Waals surface area contributed by atoms with Crippen LogP contribution in [0.15, 0.2) is 11.4 Å². The van der Waals surface area contributed by atoms with E-state index in [1.165, 1.54) is 10.4 Å². The van der Waals surface area contributed by atoms with Crippen molar-refractivity contribution in [3.05, 3.63) is 21.9 Å². The molecule has 1 fully saturated rings. The molecule has 0 aromatic carbocycles. The van der Waals surface area contributed by atoms with Gasteiger partial charge in [-0.2, -0.15) is 0 Å². The van der Waals surface area contributed by atoms with Crippen LogP contribution in [0.4, 0.5) is 0 Å². The second-order valence-corrected chi connectivity index (χ2v) is 5.62. The van der Waals surface area contributed by atoms with E-state index in [-0.39, 0.29) is 6.04 Å². The van der Waals surface area contributed by atoms with E-state index in [0.717, 1.165) is 26.2 Å². The van der Waals surface area contributed by atoms with Gasteiger partial charge in [-0.15, -0.1) is 11.3 Å². The number of nitrogens with two attached hydrogens (primary N) is 1. The van der Waals surface area contributed by atoms with Gasteiger partial charge in [0.2, 0.25) is 0 Å². The molecule has 1 aromatic heterocycles. The van der Waals surface area contributed by atoms with Gasteiger partial charge in [0.25, 0.3) is 0 Å². The number of hydrogen-bond donors (Lipinski definition) is 2. The molecule has 0 aliphatic carbocycles. The molecule has 0 spiro atoms. The number of hydrazine groups is 1. The summed E-state index contributed by atoms with van der Waals surface area (Å²) in [6.45, 7) is 7.17. The van der Waals surface area contributed by atoms with Gasteiger partial charge < -0.3 is 10.6 Å². The number of hydrogen-bond acceptors (Lipinski definition) is 5. The van der Waals surface area contributed by atoms with Crippen molar-refractivity contribution in [1.82, 2.24) is 15.3 Å². The summed E-state index contributed by atoms with van der Waals surface area (Å²) in [5.41, 5.74) is 10.8. The molecule has 1 aromatic rings. The van der Waals surface area contributed by atoms with Crippen molar-refractivity contribution in [1.29, 1.82) is 0 Å². The zero-order valence-electron chi connectivity index (χ0n) is 10.6. The van der Waals surface area contributed by atoms with E-state index in [4.69, 9.17) is 5.73 Å². The van der Waals surface area contributed by atoms with E-state index in [1.807, 2.05) is 0 Å². The SMILES string of the molecule is Cc1ccsc1C(CN)NN1CCN(C)CC1. The summed E-state index contributed by atoms with van der Waals surface area (Å²) in [5, 5.41) is 4.44. The van der Waals surface area contributed by atoms with E-state index in [0.29, 0.717) is 6.54 Å². The van der Waals surface area contributed by atoms with Crippen LogP contribution in [-0.4, -0.2) is 49.7 Å². The maximum absolute atomic E-state index is 5.88. The largest absolute Gasteiger partial charge is 0.329 e. The van der Waals surface area contributed by atoms with Crippen LogP contribution in [0.2, 0.25) is 0 Å². The molecule has 1 atom stereocenters. The zero-order valence-corrected chi connectivity index (χ0v) is 11.5. The van der Waals surface area contributed by atoms with Crippen molar-refractivity contribution < 1.29 is 0 Å². The lowest BCUT2D eigenvalue weighted by atomic mass is 10.2. The maximum atomic E-state index is 5.88. The second kappa shape index (κ2) is 5.93. The average molecular weight is 254 g/mol. The third-order valence-corrected chi connectivity index (χ3v) is 4.43. The summed E-state index contributed by atoms with van der Waals surface area (Å²) < 4.78 is 0. The monoisotopic (exact) mass is 254 g/mol. The smallest absolute Gasteiger partial charge is 0.0682 e. The minimum absolute atomic E-state index is 0.262. The molecule has 1 saturated heterocycles. The normalized spacial score (nSPS) is 20.6. The van der Waals surface area contributed by atoms with Crippen LogP contribution in [-0.2, 0) is 0 Å². The first kappa shape index (κ1) is 13.0. The lowest BCUT2D eigenvalue weighted by molar-refractivity contribution is 0.0885. The topological polar surface area (TPSA) is 44.5 Å². The summed E-state index contributed by atoms with van der Waals surface area (Å²) >= 11 is 1.79. The van der Waals surface area contributed by atoms with Gasteiger partial charge in [-0.3, -0.25) is 0 Å². The average Bonchev–Trinajstić information content (AvgIpc) is 2.75. The van der Waals surface area contributed by atoms with Gasteiger partial charge in [-0.25, -0.2) is 10.4 Å². The van der Waals surface area contributed by atoms with E-state index < -0.39 is 0 Å². The standard InChI is InChI=1S/C12H22N4S/c1-10-3-8-17-12(10)11(9-13)14-16-6-4-15(2)5-7-16/h3,8,11,14H,4-7,9,13H2,1-2H3. The van der Waals surface area contributed by atoms with Crippen LogP contribution < -0.4 is 11.2 Å². The molecule has 1 aliphatic rings. The molecule has 5 heteroatoms. The number of rotatable bonds is 4. The van der Waals surface area contributed by atoms with Gasteiger partial charge in [0.05, 0.1) is 6.04 Å². The van der Waals surface area contributed by atoms with Crippen molar-refractivity contribution in [3.8, 4) is 0 Å².